The van der Waals surface area contributed by atoms with Crippen molar-refractivity contribution in [1.29, 1.82) is 0 Å². The van der Waals surface area contributed by atoms with Gasteiger partial charge < -0.3 is 14.6 Å². The predicted molar refractivity (Wildman–Crippen MR) is 92.9 cm³/mol. The summed E-state index contributed by atoms with van der Waals surface area (Å²) in [7, 11) is 0. The van der Waals surface area contributed by atoms with Gasteiger partial charge in [-0.3, -0.25) is 4.79 Å². The van der Waals surface area contributed by atoms with Crippen LogP contribution >= 0.6 is 0 Å². The summed E-state index contributed by atoms with van der Waals surface area (Å²) in [4.78, 5) is 16.1. The Morgan fingerprint density at radius 3 is 2.79 bits per heavy atom. The number of allylic oxidation sites excluding steroid dienone is 1. The molecule has 2 aromatic carbocycles. The highest BCUT2D eigenvalue weighted by Gasteiger charge is 2.19. The number of aryl methyl sites for hydroxylation is 1. The second-order valence-corrected chi connectivity index (χ2v) is 5.61. The minimum absolute atomic E-state index is 0.173. The first-order chi connectivity index (χ1) is 11.6. The number of benzene rings is 2. The molecule has 0 amide bonds. The molecule has 5 nitrogen and oxygen atoms in total. The van der Waals surface area contributed by atoms with Crippen LogP contribution in [0.5, 0.6) is 0 Å². The molecule has 0 spiro atoms. The van der Waals surface area contributed by atoms with E-state index in [1.54, 1.807) is 18.2 Å². The van der Waals surface area contributed by atoms with Crippen LogP contribution in [-0.2, 0) is 0 Å². The van der Waals surface area contributed by atoms with Crippen molar-refractivity contribution in [3.63, 3.8) is 0 Å². The van der Waals surface area contributed by atoms with Crippen LogP contribution in [0.25, 0.3) is 33.7 Å². The molecule has 0 radical (unpaired) electrons. The van der Waals surface area contributed by atoms with Crippen LogP contribution < -0.4 is 5.73 Å². The van der Waals surface area contributed by atoms with Gasteiger partial charge in [0.25, 0.3) is 5.89 Å². The van der Waals surface area contributed by atoms with Gasteiger partial charge in [0.2, 0.25) is 5.76 Å². The number of furan rings is 1. The third-order valence-corrected chi connectivity index (χ3v) is 3.93. The number of anilines is 1. The molecule has 24 heavy (non-hydrogen) atoms. The molecular weight excluding hydrogens is 304 g/mol. The molecule has 0 atom stereocenters. The first kappa shape index (κ1) is 14.3. The number of rotatable bonds is 3. The first-order valence-electron chi connectivity index (χ1n) is 7.43. The fraction of sp³-hybridized carbons (Fsp3) is 0.0526. The quantitative estimate of drug-likeness (QED) is 0.444. The average molecular weight is 318 g/mol. The van der Waals surface area contributed by atoms with Crippen LogP contribution in [0.3, 0.4) is 0 Å². The lowest BCUT2D eigenvalue weighted by molar-refractivity contribution is 0.104. The fourth-order valence-corrected chi connectivity index (χ4v) is 2.68. The van der Waals surface area contributed by atoms with Crippen molar-refractivity contribution < 1.29 is 13.6 Å². The lowest BCUT2D eigenvalue weighted by Crippen LogP contribution is -1.92. The van der Waals surface area contributed by atoms with Crippen LogP contribution in [0.2, 0.25) is 0 Å². The van der Waals surface area contributed by atoms with E-state index in [1.807, 2.05) is 25.1 Å². The molecule has 4 aromatic rings. The zero-order valence-corrected chi connectivity index (χ0v) is 13.0. The summed E-state index contributed by atoms with van der Waals surface area (Å²) >= 11 is 0. The van der Waals surface area contributed by atoms with Gasteiger partial charge in [-0.1, -0.05) is 18.2 Å². The molecule has 0 fully saturated rings. The average Bonchev–Trinajstić information content (AvgIpc) is 3.14. The van der Waals surface area contributed by atoms with Gasteiger partial charge in [0.1, 0.15) is 11.1 Å². The van der Waals surface area contributed by atoms with E-state index in [0.717, 1.165) is 10.9 Å². The third kappa shape index (κ3) is 2.10. The molecule has 2 heterocycles. The van der Waals surface area contributed by atoms with E-state index in [2.05, 4.69) is 11.6 Å². The van der Waals surface area contributed by atoms with Crippen molar-refractivity contribution in [1.82, 2.24) is 4.98 Å². The molecule has 0 aliphatic carbocycles. The number of hydrogen-bond acceptors (Lipinski definition) is 5. The Morgan fingerprint density at radius 2 is 2.00 bits per heavy atom. The van der Waals surface area contributed by atoms with Crippen LogP contribution in [-0.4, -0.2) is 10.8 Å². The van der Waals surface area contributed by atoms with Crippen molar-refractivity contribution in [3.8, 4) is 11.7 Å². The van der Waals surface area contributed by atoms with Crippen molar-refractivity contribution >= 4 is 33.5 Å². The number of nitrogens with two attached hydrogens (primary N) is 1. The molecule has 0 bridgehead atoms. The second kappa shape index (κ2) is 5.09. The zero-order valence-electron chi connectivity index (χ0n) is 13.0. The summed E-state index contributed by atoms with van der Waals surface area (Å²) in [6.45, 7) is 5.47. The van der Waals surface area contributed by atoms with E-state index in [9.17, 15) is 4.79 Å². The number of nitrogen functional groups attached to an aromatic ring is 1. The summed E-state index contributed by atoms with van der Waals surface area (Å²) < 4.78 is 11.6. The molecule has 0 unspecified atom stereocenters. The van der Waals surface area contributed by atoms with E-state index in [0.29, 0.717) is 39.6 Å². The number of aromatic nitrogens is 1. The van der Waals surface area contributed by atoms with Gasteiger partial charge in [-0.2, -0.15) is 0 Å². The maximum Gasteiger partial charge on any atom is 0.266 e. The highest BCUT2D eigenvalue weighted by Crippen LogP contribution is 2.37. The maximum atomic E-state index is 11.7. The van der Waals surface area contributed by atoms with Gasteiger partial charge in [-0.05, 0) is 43.3 Å². The second-order valence-electron chi connectivity index (χ2n) is 5.61. The molecule has 0 aliphatic rings. The Kier molecular flexibility index (Phi) is 3.03. The highest BCUT2D eigenvalue weighted by molar-refractivity contribution is 6.06. The lowest BCUT2D eigenvalue weighted by Gasteiger charge is -1.93. The Hall–Kier alpha value is -3.34. The Morgan fingerprint density at radius 1 is 1.17 bits per heavy atom. The minimum Gasteiger partial charge on any atom is -0.449 e. The topological polar surface area (TPSA) is 82.3 Å². The standard InChI is InChI=1S/C19H14N2O3/c1-3-14(22)11-5-6-13-16(9-11)24-19(21-13)18-17(20)12-8-10(2)4-7-15(12)23-18/h3-9H,1,20H2,2H3. The van der Waals surface area contributed by atoms with Gasteiger partial charge in [0.05, 0.1) is 5.69 Å². The van der Waals surface area contributed by atoms with Crippen molar-refractivity contribution in [2.45, 2.75) is 6.92 Å². The number of carbonyl (C=O) groups excluding carboxylic acids is 1. The largest absolute Gasteiger partial charge is 0.449 e. The maximum absolute atomic E-state index is 11.7. The van der Waals surface area contributed by atoms with Gasteiger partial charge in [0, 0.05) is 10.9 Å². The van der Waals surface area contributed by atoms with Crippen molar-refractivity contribution in [3.05, 3.63) is 60.2 Å². The number of nitrogens with zero attached hydrogens (tertiary/aromatic N) is 1. The summed E-state index contributed by atoms with van der Waals surface area (Å²) in [6, 6.07) is 10.8. The van der Waals surface area contributed by atoms with E-state index < -0.39 is 0 Å². The number of oxazole rings is 1. The Labute approximate surface area is 137 Å². The lowest BCUT2D eigenvalue weighted by atomic mass is 10.1. The van der Waals surface area contributed by atoms with Crippen LogP contribution in [0.4, 0.5) is 5.69 Å². The predicted octanol–water partition coefficient (Wildman–Crippen LogP) is 4.50. The van der Waals surface area contributed by atoms with Crippen molar-refractivity contribution in [2.24, 2.45) is 0 Å². The van der Waals surface area contributed by atoms with Gasteiger partial charge >= 0.3 is 0 Å². The van der Waals surface area contributed by atoms with E-state index >= 15 is 0 Å². The van der Waals surface area contributed by atoms with Gasteiger partial charge in [-0.25, -0.2) is 4.98 Å². The van der Waals surface area contributed by atoms with E-state index in [-0.39, 0.29) is 5.78 Å². The molecule has 2 aromatic heterocycles. The smallest absolute Gasteiger partial charge is 0.266 e. The molecule has 118 valence electrons. The molecule has 2 N–H and O–H groups in total. The summed E-state index contributed by atoms with van der Waals surface area (Å²) in [5.41, 5.74) is 10.1. The van der Waals surface area contributed by atoms with E-state index in [4.69, 9.17) is 14.6 Å². The molecule has 5 heteroatoms. The number of carbonyl (C=O) groups is 1. The number of hydrogen-bond donors (Lipinski definition) is 1. The summed E-state index contributed by atoms with van der Waals surface area (Å²) in [6.07, 6.45) is 1.26. The highest BCUT2D eigenvalue weighted by atomic mass is 16.4. The molecular formula is C19H14N2O3. The van der Waals surface area contributed by atoms with Crippen molar-refractivity contribution in [2.75, 3.05) is 5.73 Å². The molecule has 0 saturated heterocycles. The van der Waals surface area contributed by atoms with Gasteiger partial charge in [0.15, 0.2) is 11.4 Å². The Balaban J connectivity index is 1.89. The fourth-order valence-electron chi connectivity index (χ4n) is 2.68. The first-order valence-corrected chi connectivity index (χ1v) is 7.43. The summed E-state index contributed by atoms with van der Waals surface area (Å²) in [5, 5.41) is 0.829. The number of ketones is 1. The van der Waals surface area contributed by atoms with Crippen LogP contribution in [0.15, 0.2) is 57.9 Å². The minimum atomic E-state index is -0.173. The molecule has 4 rings (SSSR count). The molecule has 0 aliphatic heterocycles. The van der Waals surface area contributed by atoms with Crippen LogP contribution in [0, 0.1) is 6.92 Å². The summed E-state index contributed by atoms with van der Waals surface area (Å²) in [5.74, 6) is 0.511. The van der Waals surface area contributed by atoms with E-state index in [1.165, 1.54) is 6.08 Å². The SMILES string of the molecule is C=CC(=O)c1ccc2nc(-c3oc4ccc(C)cc4c3N)oc2c1. The third-order valence-electron chi connectivity index (χ3n) is 3.93. The monoisotopic (exact) mass is 318 g/mol. The van der Waals surface area contributed by atoms with Crippen LogP contribution in [0.1, 0.15) is 15.9 Å². The van der Waals surface area contributed by atoms with Gasteiger partial charge in [-0.15, -0.1) is 0 Å². The molecule has 0 saturated carbocycles. The number of fused-ring (bicyclic) bond motifs is 2. The Bertz CT molecular complexity index is 1120. The zero-order chi connectivity index (χ0) is 16.8. The normalized spacial score (nSPS) is 11.2.